The Balaban J connectivity index is 1.57. The van der Waals surface area contributed by atoms with Crippen LogP contribution < -0.4 is 4.90 Å². The van der Waals surface area contributed by atoms with E-state index >= 15 is 0 Å². The molecular weight excluding hydrogens is 250 g/mol. The minimum absolute atomic E-state index is 0.928. The fourth-order valence-electron chi connectivity index (χ4n) is 2.33. The van der Waals surface area contributed by atoms with Gasteiger partial charge in [0.15, 0.2) is 0 Å². The summed E-state index contributed by atoms with van der Waals surface area (Å²) < 4.78 is 2.06. The first-order valence-electron chi connectivity index (χ1n) is 6.89. The number of aryl methyl sites for hydroxylation is 1. The fraction of sp³-hybridized carbons (Fsp3) is 0.333. The maximum atomic E-state index is 4.56. The average molecular weight is 269 g/mol. The van der Waals surface area contributed by atoms with Crippen molar-refractivity contribution in [3.63, 3.8) is 0 Å². The van der Waals surface area contributed by atoms with E-state index in [4.69, 9.17) is 0 Å². The highest BCUT2D eigenvalue weighted by Gasteiger charge is 2.16. The molecule has 104 valence electrons. The van der Waals surface area contributed by atoms with E-state index in [2.05, 4.69) is 36.7 Å². The number of anilines is 1. The smallest absolute Gasteiger partial charge is 0.128 e. The Morgan fingerprint density at radius 1 is 1.10 bits per heavy atom. The average Bonchev–Trinajstić information content (AvgIpc) is 2.92. The second-order valence-electron chi connectivity index (χ2n) is 4.92. The number of pyridine rings is 1. The van der Waals surface area contributed by atoms with Crippen LogP contribution in [0.4, 0.5) is 5.82 Å². The van der Waals surface area contributed by atoms with Crippen LogP contribution in [0.3, 0.4) is 0 Å². The van der Waals surface area contributed by atoms with Crippen LogP contribution in [0.25, 0.3) is 0 Å². The first kappa shape index (κ1) is 12.7. The normalized spacial score (nSPS) is 16.1. The third-order valence-electron chi connectivity index (χ3n) is 3.57. The number of hydrogen-bond donors (Lipinski definition) is 0. The van der Waals surface area contributed by atoms with Gasteiger partial charge in [0.2, 0.25) is 0 Å². The molecule has 0 spiro atoms. The Hall–Kier alpha value is -2.30. The van der Waals surface area contributed by atoms with Crippen LogP contribution in [0.5, 0.6) is 0 Å². The summed E-state index contributed by atoms with van der Waals surface area (Å²) in [6.07, 6.45) is 5.80. The van der Waals surface area contributed by atoms with Crippen molar-refractivity contribution in [3.8, 4) is 0 Å². The Labute approximate surface area is 119 Å². The predicted molar refractivity (Wildman–Crippen MR) is 81.0 cm³/mol. The van der Waals surface area contributed by atoms with Gasteiger partial charge in [0, 0.05) is 32.5 Å². The van der Waals surface area contributed by atoms with Crippen molar-refractivity contribution in [1.29, 1.82) is 0 Å². The molecule has 0 amide bonds. The standard InChI is InChI=1S/C15H19N5/c1-18-8-4-5-14(18)13-17-20-11-9-19(10-12-20)15-6-2-3-7-16-15/h2-8,13H,9-12H2,1H3/b17-13+. The number of piperazine rings is 1. The van der Waals surface area contributed by atoms with Gasteiger partial charge in [-0.3, -0.25) is 5.01 Å². The second kappa shape index (κ2) is 5.77. The highest BCUT2D eigenvalue weighted by atomic mass is 15.5. The zero-order valence-electron chi connectivity index (χ0n) is 11.7. The number of nitrogens with zero attached hydrogens (tertiary/aromatic N) is 5. The Morgan fingerprint density at radius 3 is 2.60 bits per heavy atom. The summed E-state index contributed by atoms with van der Waals surface area (Å²) in [5, 5.41) is 6.67. The molecule has 0 N–H and O–H groups in total. The molecule has 5 heteroatoms. The van der Waals surface area contributed by atoms with E-state index in [0.717, 1.165) is 37.7 Å². The van der Waals surface area contributed by atoms with Crippen molar-refractivity contribution in [1.82, 2.24) is 14.6 Å². The molecule has 2 aromatic heterocycles. The zero-order valence-corrected chi connectivity index (χ0v) is 11.7. The zero-order chi connectivity index (χ0) is 13.8. The minimum Gasteiger partial charge on any atom is -0.353 e. The highest BCUT2D eigenvalue weighted by Crippen LogP contribution is 2.12. The number of hydrogen-bond acceptors (Lipinski definition) is 4. The van der Waals surface area contributed by atoms with E-state index in [1.807, 2.05) is 43.9 Å². The quantitative estimate of drug-likeness (QED) is 0.794. The van der Waals surface area contributed by atoms with Crippen LogP contribution >= 0.6 is 0 Å². The van der Waals surface area contributed by atoms with E-state index in [-0.39, 0.29) is 0 Å². The second-order valence-corrected chi connectivity index (χ2v) is 4.92. The van der Waals surface area contributed by atoms with E-state index in [0.29, 0.717) is 0 Å². The molecule has 1 saturated heterocycles. The molecular formula is C15H19N5. The lowest BCUT2D eigenvalue weighted by molar-refractivity contribution is 0.271. The largest absolute Gasteiger partial charge is 0.353 e. The van der Waals surface area contributed by atoms with Crippen LogP contribution in [-0.2, 0) is 7.05 Å². The third-order valence-corrected chi connectivity index (χ3v) is 3.57. The molecule has 0 atom stereocenters. The molecule has 0 saturated carbocycles. The molecule has 3 heterocycles. The lowest BCUT2D eigenvalue weighted by atomic mass is 10.3. The highest BCUT2D eigenvalue weighted by molar-refractivity contribution is 5.77. The van der Waals surface area contributed by atoms with Crippen molar-refractivity contribution in [2.24, 2.45) is 12.1 Å². The van der Waals surface area contributed by atoms with E-state index in [1.165, 1.54) is 0 Å². The van der Waals surface area contributed by atoms with Gasteiger partial charge in [0.25, 0.3) is 0 Å². The predicted octanol–water partition coefficient (Wildman–Crippen LogP) is 1.58. The fourth-order valence-corrected chi connectivity index (χ4v) is 2.33. The summed E-state index contributed by atoms with van der Waals surface area (Å²) in [4.78, 5) is 6.69. The van der Waals surface area contributed by atoms with Gasteiger partial charge in [-0.25, -0.2) is 4.98 Å². The van der Waals surface area contributed by atoms with Crippen LogP contribution in [0, 0.1) is 0 Å². The molecule has 5 nitrogen and oxygen atoms in total. The van der Waals surface area contributed by atoms with E-state index in [1.54, 1.807) is 0 Å². The van der Waals surface area contributed by atoms with Crippen molar-refractivity contribution in [3.05, 3.63) is 48.4 Å². The first-order valence-corrected chi connectivity index (χ1v) is 6.89. The van der Waals surface area contributed by atoms with Gasteiger partial charge < -0.3 is 9.47 Å². The maximum absolute atomic E-state index is 4.56. The monoisotopic (exact) mass is 269 g/mol. The first-order chi connectivity index (χ1) is 9.83. The van der Waals surface area contributed by atoms with Gasteiger partial charge in [-0.1, -0.05) is 6.07 Å². The van der Waals surface area contributed by atoms with Gasteiger partial charge in [-0.05, 0) is 24.3 Å². The molecule has 0 aromatic carbocycles. The molecule has 1 fully saturated rings. The molecule has 2 aromatic rings. The van der Waals surface area contributed by atoms with Gasteiger partial charge in [0.05, 0.1) is 25.0 Å². The molecule has 3 rings (SSSR count). The molecule has 1 aliphatic heterocycles. The molecule has 20 heavy (non-hydrogen) atoms. The summed E-state index contributed by atoms with van der Waals surface area (Å²) in [5.74, 6) is 1.05. The maximum Gasteiger partial charge on any atom is 0.128 e. The molecule has 1 aliphatic rings. The van der Waals surface area contributed by atoms with Crippen LogP contribution in [0.1, 0.15) is 5.69 Å². The molecule has 0 radical (unpaired) electrons. The van der Waals surface area contributed by atoms with Gasteiger partial charge in [0.1, 0.15) is 5.82 Å². The van der Waals surface area contributed by atoms with Crippen molar-refractivity contribution in [2.75, 3.05) is 31.1 Å². The van der Waals surface area contributed by atoms with E-state index < -0.39 is 0 Å². The Bertz CT molecular complexity index is 567. The van der Waals surface area contributed by atoms with Gasteiger partial charge in [-0.15, -0.1) is 0 Å². The van der Waals surface area contributed by atoms with Gasteiger partial charge in [-0.2, -0.15) is 5.10 Å². The van der Waals surface area contributed by atoms with Crippen LogP contribution in [0.15, 0.2) is 47.8 Å². The van der Waals surface area contributed by atoms with Crippen molar-refractivity contribution in [2.45, 2.75) is 0 Å². The summed E-state index contributed by atoms with van der Waals surface area (Å²) >= 11 is 0. The topological polar surface area (TPSA) is 36.7 Å². The summed E-state index contributed by atoms with van der Waals surface area (Å²) in [6, 6.07) is 10.1. The molecule has 0 bridgehead atoms. The minimum atomic E-state index is 0.928. The number of hydrazone groups is 1. The lowest BCUT2D eigenvalue weighted by Gasteiger charge is -2.33. The summed E-state index contributed by atoms with van der Waals surface area (Å²) in [6.45, 7) is 3.78. The number of aromatic nitrogens is 2. The summed E-state index contributed by atoms with van der Waals surface area (Å²) in [7, 11) is 2.03. The summed E-state index contributed by atoms with van der Waals surface area (Å²) in [5.41, 5.74) is 1.12. The third kappa shape index (κ3) is 2.82. The Morgan fingerprint density at radius 2 is 1.95 bits per heavy atom. The van der Waals surface area contributed by atoms with Gasteiger partial charge >= 0.3 is 0 Å². The molecule has 0 unspecified atom stereocenters. The van der Waals surface area contributed by atoms with Crippen LogP contribution in [0.2, 0.25) is 0 Å². The van der Waals surface area contributed by atoms with E-state index in [9.17, 15) is 0 Å². The van der Waals surface area contributed by atoms with Crippen molar-refractivity contribution >= 4 is 12.0 Å². The number of rotatable bonds is 3. The lowest BCUT2D eigenvalue weighted by Crippen LogP contribution is -2.44. The molecule has 0 aliphatic carbocycles. The van der Waals surface area contributed by atoms with Crippen LogP contribution in [-0.4, -0.2) is 47.0 Å². The Kier molecular flexibility index (Phi) is 3.67. The van der Waals surface area contributed by atoms with Crippen molar-refractivity contribution < 1.29 is 0 Å². The SMILES string of the molecule is Cn1cccc1/C=N/N1CCN(c2ccccn2)CC1.